The molecule has 1 atom stereocenters. The highest BCUT2D eigenvalue weighted by atomic mass is 16.2. The SMILES string of the molecule is Cc1nc([C@@H]2CCCN2C(=O)c2nn(C)c3ccccc23)n[nH]1. The van der Waals surface area contributed by atoms with Crippen molar-refractivity contribution in [3.05, 3.63) is 41.6 Å². The molecule has 1 aromatic carbocycles. The maximum Gasteiger partial charge on any atom is 0.275 e. The molecule has 4 rings (SSSR count). The first-order valence-electron chi connectivity index (χ1n) is 7.77. The van der Waals surface area contributed by atoms with Crippen molar-refractivity contribution in [1.82, 2.24) is 29.9 Å². The number of carbonyl (C=O) groups is 1. The molecular formula is C16H18N6O. The average Bonchev–Trinajstić information content (AvgIpc) is 3.26. The largest absolute Gasteiger partial charge is 0.327 e. The van der Waals surface area contributed by atoms with E-state index < -0.39 is 0 Å². The fourth-order valence-electron chi connectivity index (χ4n) is 3.30. The Morgan fingerprint density at radius 2 is 2.17 bits per heavy atom. The minimum atomic E-state index is -0.0757. The molecule has 3 heterocycles. The van der Waals surface area contributed by atoms with Gasteiger partial charge in [0, 0.05) is 19.0 Å². The van der Waals surface area contributed by atoms with Gasteiger partial charge in [-0.3, -0.25) is 14.6 Å². The Morgan fingerprint density at radius 3 is 2.96 bits per heavy atom. The van der Waals surface area contributed by atoms with Gasteiger partial charge < -0.3 is 4.90 Å². The summed E-state index contributed by atoms with van der Waals surface area (Å²) < 4.78 is 1.75. The summed E-state index contributed by atoms with van der Waals surface area (Å²) in [5.41, 5.74) is 1.46. The number of nitrogens with one attached hydrogen (secondary N) is 1. The number of hydrogen-bond donors (Lipinski definition) is 1. The van der Waals surface area contributed by atoms with Crippen LogP contribution in [0.2, 0.25) is 0 Å². The van der Waals surface area contributed by atoms with Gasteiger partial charge in [0.05, 0.1) is 11.6 Å². The lowest BCUT2D eigenvalue weighted by atomic mass is 10.1. The zero-order valence-electron chi connectivity index (χ0n) is 13.2. The van der Waals surface area contributed by atoms with Crippen LogP contribution in [-0.2, 0) is 7.05 Å². The molecule has 23 heavy (non-hydrogen) atoms. The van der Waals surface area contributed by atoms with Gasteiger partial charge in [0.15, 0.2) is 11.5 Å². The van der Waals surface area contributed by atoms with Gasteiger partial charge in [-0.2, -0.15) is 10.2 Å². The number of amides is 1. The number of para-hydroxylation sites is 1. The van der Waals surface area contributed by atoms with E-state index in [1.54, 1.807) is 4.68 Å². The first-order chi connectivity index (χ1) is 11.1. The maximum absolute atomic E-state index is 13.0. The Labute approximate surface area is 133 Å². The van der Waals surface area contributed by atoms with Crippen LogP contribution in [0.5, 0.6) is 0 Å². The van der Waals surface area contributed by atoms with Crippen molar-refractivity contribution in [3.8, 4) is 0 Å². The van der Waals surface area contributed by atoms with Gasteiger partial charge in [-0.05, 0) is 25.8 Å². The molecule has 118 valence electrons. The monoisotopic (exact) mass is 310 g/mol. The number of likely N-dealkylation sites (tertiary alicyclic amines) is 1. The normalized spacial score (nSPS) is 18.0. The number of nitrogens with zero attached hydrogens (tertiary/aromatic N) is 5. The van der Waals surface area contributed by atoms with Gasteiger partial charge >= 0.3 is 0 Å². The summed E-state index contributed by atoms with van der Waals surface area (Å²) in [5.74, 6) is 1.41. The van der Waals surface area contributed by atoms with Crippen molar-refractivity contribution >= 4 is 16.8 Å². The van der Waals surface area contributed by atoms with Crippen molar-refractivity contribution in [1.29, 1.82) is 0 Å². The van der Waals surface area contributed by atoms with E-state index in [9.17, 15) is 4.79 Å². The van der Waals surface area contributed by atoms with Crippen LogP contribution >= 0.6 is 0 Å². The summed E-state index contributed by atoms with van der Waals surface area (Å²) in [6.07, 6.45) is 1.84. The van der Waals surface area contributed by atoms with Gasteiger partial charge in [0.25, 0.3) is 5.91 Å². The molecule has 0 aliphatic carbocycles. The van der Waals surface area contributed by atoms with Crippen LogP contribution in [0.25, 0.3) is 10.9 Å². The molecule has 0 saturated carbocycles. The fourth-order valence-corrected chi connectivity index (χ4v) is 3.30. The van der Waals surface area contributed by atoms with Crippen LogP contribution in [0, 0.1) is 6.92 Å². The highest BCUT2D eigenvalue weighted by Crippen LogP contribution is 2.32. The lowest BCUT2D eigenvalue weighted by molar-refractivity contribution is 0.0725. The van der Waals surface area contributed by atoms with Crippen molar-refractivity contribution in [2.24, 2.45) is 7.05 Å². The van der Waals surface area contributed by atoms with Crippen LogP contribution < -0.4 is 0 Å². The molecule has 0 unspecified atom stereocenters. The zero-order chi connectivity index (χ0) is 16.0. The van der Waals surface area contributed by atoms with Crippen molar-refractivity contribution in [2.45, 2.75) is 25.8 Å². The molecule has 1 amide bonds. The molecule has 1 N–H and O–H groups in total. The smallest absolute Gasteiger partial charge is 0.275 e. The quantitative estimate of drug-likeness (QED) is 0.785. The second kappa shape index (κ2) is 5.19. The van der Waals surface area contributed by atoms with Crippen LogP contribution in [0.15, 0.2) is 24.3 Å². The number of hydrogen-bond acceptors (Lipinski definition) is 4. The molecule has 2 aromatic heterocycles. The summed E-state index contributed by atoms with van der Waals surface area (Å²) in [6.45, 7) is 2.58. The number of benzene rings is 1. The summed E-state index contributed by atoms with van der Waals surface area (Å²) >= 11 is 0. The van der Waals surface area contributed by atoms with Gasteiger partial charge in [-0.25, -0.2) is 4.98 Å². The van der Waals surface area contributed by atoms with Gasteiger partial charge in [0.2, 0.25) is 0 Å². The van der Waals surface area contributed by atoms with Crippen LogP contribution in [0.4, 0.5) is 0 Å². The van der Waals surface area contributed by atoms with Crippen LogP contribution in [0.3, 0.4) is 0 Å². The third kappa shape index (κ3) is 2.19. The van der Waals surface area contributed by atoms with Gasteiger partial charge in [-0.15, -0.1) is 0 Å². The van der Waals surface area contributed by atoms with Crippen LogP contribution in [0.1, 0.15) is 41.0 Å². The Hall–Kier alpha value is -2.70. The molecule has 0 spiro atoms. The van der Waals surface area contributed by atoms with E-state index in [0.29, 0.717) is 18.1 Å². The fraction of sp³-hybridized carbons (Fsp3) is 0.375. The molecule has 7 nitrogen and oxygen atoms in total. The Kier molecular flexibility index (Phi) is 3.14. The standard InChI is InChI=1S/C16H18N6O/c1-10-17-15(19-18-10)13-8-5-9-22(13)16(23)14-11-6-3-4-7-12(11)21(2)20-14/h3-4,6-7,13H,5,8-9H2,1-2H3,(H,17,18,19)/t13-/m0/s1. The predicted octanol–water partition coefficient (Wildman–Crippen LogP) is 1.98. The molecule has 0 radical (unpaired) electrons. The van der Waals surface area contributed by atoms with Gasteiger partial charge in [-0.1, -0.05) is 18.2 Å². The second-order valence-corrected chi connectivity index (χ2v) is 5.92. The minimum absolute atomic E-state index is 0.0493. The van der Waals surface area contributed by atoms with E-state index in [-0.39, 0.29) is 11.9 Å². The molecule has 1 aliphatic rings. The summed E-state index contributed by atoms with van der Waals surface area (Å²) in [5, 5.41) is 12.4. The number of carbonyl (C=O) groups excluding carboxylic acids is 1. The first-order valence-corrected chi connectivity index (χ1v) is 7.77. The minimum Gasteiger partial charge on any atom is -0.327 e. The molecule has 7 heteroatoms. The van der Waals surface area contributed by atoms with Crippen molar-refractivity contribution in [3.63, 3.8) is 0 Å². The summed E-state index contributed by atoms with van der Waals surface area (Å²) in [4.78, 5) is 19.3. The average molecular weight is 310 g/mol. The number of H-pyrrole nitrogens is 1. The summed E-state index contributed by atoms with van der Waals surface area (Å²) in [7, 11) is 1.86. The Balaban J connectivity index is 1.72. The second-order valence-electron chi connectivity index (χ2n) is 5.92. The van der Waals surface area contributed by atoms with E-state index in [1.807, 2.05) is 43.1 Å². The molecule has 1 saturated heterocycles. The number of fused-ring (bicyclic) bond motifs is 1. The Morgan fingerprint density at radius 1 is 1.35 bits per heavy atom. The lowest BCUT2D eigenvalue weighted by Crippen LogP contribution is -2.31. The van der Waals surface area contributed by atoms with Crippen molar-refractivity contribution in [2.75, 3.05) is 6.54 Å². The van der Waals surface area contributed by atoms with Gasteiger partial charge in [0.1, 0.15) is 5.82 Å². The third-order valence-electron chi connectivity index (χ3n) is 4.39. The molecule has 0 bridgehead atoms. The summed E-state index contributed by atoms with van der Waals surface area (Å²) in [6, 6.07) is 7.72. The van der Waals surface area contributed by atoms with E-state index in [2.05, 4.69) is 20.3 Å². The van der Waals surface area contributed by atoms with Crippen LogP contribution in [-0.4, -0.2) is 42.3 Å². The number of rotatable bonds is 2. The van der Waals surface area contributed by atoms with E-state index >= 15 is 0 Å². The maximum atomic E-state index is 13.0. The number of aromatic nitrogens is 5. The lowest BCUT2D eigenvalue weighted by Gasteiger charge is -2.21. The van der Waals surface area contributed by atoms with Crippen molar-refractivity contribution < 1.29 is 4.79 Å². The molecular weight excluding hydrogens is 292 g/mol. The number of aromatic amines is 1. The predicted molar refractivity (Wildman–Crippen MR) is 84.8 cm³/mol. The molecule has 1 aliphatic heterocycles. The zero-order valence-corrected chi connectivity index (χ0v) is 13.2. The topological polar surface area (TPSA) is 79.7 Å². The highest BCUT2D eigenvalue weighted by molar-refractivity contribution is 6.05. The number of aryl methyl sites for hydroxylation is 2. The van der Waals surface area contributed by atoms with E-state index in [1.165, 1.54) is 0 Å². The molecule has 3 aromatic rings. The molecule has 1 fully saturated rings. The highest BCUT2D eigenvalue weighted by Gasteiger charge is 2.34. The first kappa shape index (κ1) is 13.9. The van der Waals surface area contributed by atoms with E-state index in [0.717, 1.165) is 29.6 Å². The third-order valence-corrected chi connectivity index (χ3v) is 4.39. The Bertz CT molecular complexity index is 880. The van der Waals surface area contributed by atoms with E-state index in [4.69, 9.17) is 0 Å².